The van der Waals surface area contributed by atoms with E-state index in [0.717, 1.165) is 10.0 Å². The molecule has 0 spiro atoms. The molecule has 0 radical (unpaired) electrons. The van der Waals surface area contributed by atoms with Crippen molar-refractivity contribution >= 4 is 45.0 Å². The van der Waals surface area contributed by atoms with Gasteiger partial charge in [-0.1, -0.05) is 39.7 Å². The van der Waals surface area contributed by atoms with Crippen LogP contribution in [0.2, 0.25) is 5.02 Å². The molecule has 0 bridgehead atoms. The van der Waals surface area contributed by atoms with Gasteiger partial charge in [-0.25, -0.2) is 4.57 Å². The average molecular weight is 502 g/mol. The van der Waals surface area contributed by atoms with E-state index in [2.05, 4.69) is 20.9 Å². The van der Waals surface area contributed by atoms with Gasteiger partial charge in [-0.05, 0) is 42.0 Å². The molecule has 0 saturated carbocycles. The molecule has 1 fully saturated rings. The molecule has 3 aromatic rings. The van der Waals surface area contributed by atoms with E-state index in [1.165, 1.54) is 0 Å². The maximum atomic E-state index is 13.0. The maximum absolute atomic E-state index is 13.0. The number of aromatic amines is 1. The minimum Gasteiger partial charge on any atom is -0.507 e. The zero-order valence-corrected chi connectivity index (χ0v) is 18.8. The molecule has 2 aromatic carbocycles. The first-order valence-corrected chi connectivity index (χ1v) is 10.9. The van der Waals surface area contributed by atoms with Gasteiger partial charge < -0.3 is 10.0 Å². The van der Waals surface area contributed by atoms with Crippen molar-refractivity contribution in [2.24, 2.45) is 0 Å². The van der Waals surface area contributed by atoms with Crippen LogP contribution in [0, 0.1) is 0 Å². The second-order valence-electron chi connectivity index (χ2n) is 7.26. The summed E-state index contributed by atoms with van der Waals surface area (Å²) in [5, 5.41) is 11.5. The second kappa shape index (κ2) is 9.08. The minimum atomic E-state index is -0.688. The number of hydrogen-bond acceptors (Lipinski definition) is 3. The molecule has 31 heavy (non-hydrogen) atoms. The van der Waals surface area contributed by atoms with E-state index in [1.807, 2.05) is 47.6 Å². The predicted molar refractivity (Wildman–Crippen MR) is 120 cm³/mol. The lowest BCUT2D eigenvalue weighted by Crippen LogP contribution is -2.36. The highest BCUT2D eigenvalue weighted by Crippen LogP contribution is 2.40. The highest BCUT2D eigenvalue weighted by Gasteiger charge is 2.45. The molecule has 2 heterocycles. The van der Waals surface area contributed by atoms with E-state index in [4.69, 9.17) is 11.6 Å². The molecule has 1 atom stereocenters. The fraction of sp³-hybridized carbons (Fsp3) is 0.174. The number of hydrogen-bond donors (Lipinski definition) is 2. The van der Waals surface area contributed by atoms with Crippen LogP contribution in [0.15, 0.2) is 77.3 Å². The summed E-state index contributed by atoms with van der Waals surface area (Å²) in [4.78, 5) is 30.5. The number of halogens is 2. The van der Waals surface area contributed by atoms with Crippen LogP contribution in [0.1, 0.15) is 23.6 Å². The van der Waals surface area contributed by atoms with Gasteiger partial charge in [-0.3, -0.25) is 14.6 Å². The summed E-state index contributed by atoms with van der Waals surface area (Å²) >= 11 is 9.42. The molecule has 1 aromatic heterocycles. The quantitative estimate of drug-likeness (QED) is 0.230. The highest BCUT2D eigenvalue weighted by molar-refractivity contribution is 9.10. The summed E-state index contributed by atoms with van der Waals surface area (Å²) in [5.74, 6) is -1.51. The number of amides is 1. The van der Waals surface area contributed by atoms with E-state index >= 15 is 0 Å². The van der Waals surface area contributed by atoms with Gasteiger partial charge in [0, 0.05) is 28.0 Å². The average Bonchev–Trinajstić information content (AvgIpc) is 3.36. The number of imidazole rings is 1. The van der Waals surface area contributed by atoms with Crippen LogP contribution in [0.3, 0.4) is 0 Å². The lowest BCUT2D eigenvalue weighted by atomic mass is 9.95. The number of Topliss-reactive ketones (excluding diaryl/α,β-unsaturated/α-hetero) is 1. The van der Waals surface area contributed by atoms with E-state index in [0.29, 0.717) is 30.1 Å². The van der Waals surface area contributed by atoms with E-state index in [-0.39, 0.29) is 11.3 Å². The van der Waals surface area contributed by atoms with Gasteiger partial charge in [0.15, 0.2) is 0 Å². The molecule has 1 aliphatic heterocycles. The number of aryl methyl sites for hydroxylation is 1. The molecular weight excluding hydrogens is 482 g/mol. The largest absolute Gasteiger partial charge is 0.507 e. The number of aliphatic hydroxyl groups excluding tert-OH is 1. The SMILES string of the molecule is O=C1C(=O)N(CCC[n+]2cc[nH]c2)C(c2cccc(Br)c2)C1=C(O)c1ccc(Cl)cc1. The number of nitrogens with one attached hydrogen (secondary N) is 1. The number of nitrogens with zero attached hydrogens (tertiary/aromatic N) is 2. The molecule has 1 saturated heterocycles. The van der Waals surface area contributed by atoms with E-state index in [1.54, 1.807) is 29.2 Å². The smallest absolute Gasteiger partial charge is 0.295 e. The molecular formula is C23H20BrClN3O3+. The number of aliphatic hydroxyl groups is 1. The molecule has 1 amide bonds. The van der Waals surface area contributed by atoms with Crippen LogP contribution in [0.25, 0.3) is 5.76 Å². The van der Waals surface area contributed by atoms with Crippen molar-refractivity contribution in [3.05, 3.63) is 93.4 Å². The summed E-state index contributed by atoms with van der Waals surface area (Å²) in [6.07, 6.45) is 6.21. The Morgan fingerprint density at radius 3 is 2.65 bits per heavy atom. The number of carbonyl (C=O) groups excluding carboxylic acids is 2. The first-order valence-electron chi connectivity index (χ1n) is 9.77. The Bertz CT molecular complexity index is 1140. The fourth-order valence-corrected chi connectivity index (χ4v) is 4.32. The predicted octanol–water partition coefficient (Wildman–Crippen LogP) is 4.23. The van der Waals surface area contributed by atoms with Crippen molar-refractivity contribution < 1.29 is 19.3 Å². The van der Waals surface area contributed by atoms with Crippen LogP contribution in [-0.4, -0.2) is 33.2 Å². The summed E-state index contributed by atoms with van der Waals surface area (Å²) in [5.41, 5.74) is 1.27. The monoisotopic (exact) mass is 500 g/mol. The Hall–Kier alpha value is -2.90. The molecule has 0 aliphatic carbocycles. The molecule has 1 aliphatic rings. The number of benzene rings is 2. The Morgan fingerprint density at radius 1 is 1.19 bits per heavy atom. The van der Waals surface area contributed by atoms with Gasteiger partial charge in [0.05, 0.1) is 18.2 Å². The zero-order valence-electron chi connectivity index (χ0n) is 16.5. The van der Waals surface area contributed by atoms with Gasteiger partial charge >= 0.3 is 0 Å². The van der Waals surface area contributed by atoms with Crippen molar-refractivity contribution in [2.45, 2.75) is 19.0 Å². The summed E-state index contributed by atoms with van der Waals surface area (Å²) in [6, 6.07) is 13.3. The van der Waals surface area contributed by atoms with Crippen molar-refractivity contribution in [1.82, 2.24) is 9.88 Å². The van der Waals surface area contributed by atoms with Gasteiger partial charge in [0.2, 0.25) is 6.33 Å². The summed E-state index contributed by atoms with van der Waals surface area (Å²) in [6.45, 7) is 1.06. The number of H-pyrrole nitrogens is 1. The van der Waals surface area contributed by atoms with E-state index in [9.17, 15) is 14.7 Å². The van der Waals surface area contributed by atoms with Crippen molar-refractivity contribution in [3.63, 3.8) is 0 Å². The third-order valence-corrected chi connectivity index (χ3v) is 5.99. The molecule has 158 valence electrons. The minimum absolute atomic E-state index is 0.0831. The van der Waals surface area contributed by atoms with Crippen LogP contribution in [-0.2, 0) is 16.1 Å². The van der Waals surface area contributed by atoms with Crippen molar-refractivity contribution in [3.8, 4) is 0 Å². The number of aromatic nitrogens is 2. The molecule has 4 rings (SSSR count). The molecule has 8 heteroatoms. The topological polar surface area (TPSA) is 77.3 Å². The molecule has 6 nitrogen and oxygen atoms in total. The summed E-state index contributed by atoms with van der Waals surface area (Å²) in [7, 11) is 0. The van der Waals surface area contributed by atoms with Crippen LogP contribution in [0.5, 0.6) is 0 Å². The standard InChI is InChI=1S/C23H19BrClN3O3/c24-17-4-1-3-16(13-17)20-19(21(29)15-5-7-18(25)8-6-15)22(30)23(31)28(20)11-2-10-27-12-9-26-14-27/h1,3-9,12-14,20H,2,10-11H2,(H,29,30)/p+1. The van der Waals surface area contributed by atoms with Gasteiger partial charge in [-0.2, -0.15) is 0 Å². The van der Waals surface area contributed by atoms with Crippen molar-refractivity contribution in [2.75, 3.05) is 6.54 Å². The Balaban J connectivity index is 1.73. The Morgan fingerprint density at radius 2 is 1.97 bits per heavy atom. The Labute approximate surface area is 192 Å². The molecule has 1 unspecified atom stereocenters. The highest BCUT2D eigenvalue weighted by atomic mass is 79.9. The molecule has 2 N–H and O–H groups in total. The lowest BCUT2D eigenvalue weighted by molar-refractivity contribution is -0.695. The number of rotatable bonds is 6. The Kier molecular flexibility index (Phi) is 6.25. The normalized spacial score (nSPS) is 18.0. The summed E-state index contributed by atoms with van der Waals surface area (Å²) < 4.78 is 2.79. The number of likely N-dealkylation sites (tertiary alicyclic amines) is 1. The van der Waals surface area contributed by atoms with Crippen molar-refractivity contribution in [1.29, 1.82) is 0 Å². The number of ketones is 1. The zero-order chi connectivity index (χ0) is 22.0. The fourth-order valence-electron chi connectivity index (χ4n) is 3.78. The van der Waals surface area contributed by atoms with Crippen LogP contribution < -0.4 is 4.57 Å². The van der Waals surface area contributed by atoms with Gasteiger partial charge in [-0.15, -0.1) is 0 Å². The lowest BCUT2D eigenvalue weighted by Gasteiger charge is -2.25. The number of carbonyl (C=O) groups is 2. The maximum Gasteiger partial charge on any atom is 0.295 e. The first kappa shape index (κ1) is 21.3. The van der Waals surface area contributed by atoms with Gasteiger partial charge in [0.1, 0.15) is 18.2 Å². The van der Waals surface area contributed by atoms with E-state index < -0.39 is 17.7 Å². The third-order valence-electron chi connectivity index (χ3n) is 5.24. The van der Waals surface area contributed by atoms with Crippen LogP contribution >= 0.6 is 27.5 Å². The van der Waals surface area contributed by atoms with Crippen LogP contribution in [0.4, 0.5) is 0 Å². The second-order valence-corrected chi connectivity index (χ2v) is 8.61. The van der Waals surface area contributed by atoms with Gasteiger partial charge in [0.25, 0.3) is 11.7 Å². The first-order chi connectivity index (χ1) is 15.0. The third kappa shape index (κ3) is 4.43.